The summed E-state index contributed by atoms with van der Waals surface area (Å²) in [5.41, 5.74) is 10.8. The van der Waals surface area contributed by atoms with Crippen molar-refractivity contribution >= 4 is 32.3 Å². The molecular formula is C42H29N. The summed E-state index contributed by atoms with van der Waals surface area (Å²) in [6, 6.07) is 55.0. The van der Waals surface area contributed by atoms with E-state index in [0.717, 1.165) is 11.3 Å². The van der Waals surface area contributed by atoms with Crippen LogP contribution in [0.1, 0.15) is 5.56 Å². The molecule has 1 nitrogen and oxygen atoms in total. The molecule has 1 heteroatoms. The molecule has 0 fully saturated rings. The van der Waals surface area contributed by atoms with Crippen molar-refractivity contribution < 1.29 is 0 Å². The van der Waals surface area contributed by atoms with Crippen LogP contribution in [0.3, 0.4) is 0 Å². The van der Waals surface area contributed by atoms with Crippen LogP contribution in [-0.4, -0.2) is 4.98 Å². The van der Waals surface area contributed by atoms with Gasteiger partial charge < -0.3 is 0 Å². The van der Waals surface area contributed by atoms with Crippen molar-refractivity contribution in [3.05, 3.63) is 163 Å². The number of rotatable bonds is 4. The molecule has 8 rings (SSSR count). The van der Waals surface area contributed by atoms with Gasteiger partial charge in [0, 0.05) is 11.8 Å². The molecule has 0 unspecified atom stereocenters. The summed E-state index contributed by atoms with van der Waals surface area (Å²) in [6.07, 6.45) is 1.85. The molecule has 0 bridgehead atoms. The molecule has 0 saturated heterocycles. The number of aryl methyl sites for hydroxylation is 1. The van der Waals surface area contributed by atoms with Gasteiger partial charge in [-0.2, -0.15) is 0 Å². The Hall–Kier alpha value is -5.53. The van der Waals surface area contributed by atoms with Crippen molar-refractivity contribution in [2.75, 3.05) is 0 Å². The van der Waals surface area contributed by atoms with E-state index < -0.39 is 0 Å². The number of hydrogen-bond donors (Lipinski definition) is 0. The van der Waals surface area contributed by atoms with Gasteiger partial charge in [0.2, 0.25) is 0 Å². The molecule has 0 aliphatic heterocycles. The molecule has 0 aliphatic rings. The van der Waals surface area contributed by atoms with Crippen LogP contribution >= 0.6 is 0 Å². The molecular weight excluding hydrogens is 518 g/mol. The van der Waals surface area contributed by atoms with E-state index in [2.05, 4.69) is 151 Å². The number of fused-ring (bicyclic) bond motifs is 3. The third kappa shape index (κ3) is 4.47. The third-order valence-electron chi connectivity index (χ3n) is 8.52. The van der Waals surface area contributed by atoms with E-state index in [4.69, 9.17) is 0 Å². The first-order chi connectivity index (χ1) is 21.2. The van der Waals surface area contributed by atoms with Gasteiger partial charge in [-0.05, 0) is 103 Å². The molecule has 0 atom stereocenters. The minimum Gasteiger partial charge on any atom is -0.256 e. The summed E-state index contributed by atoms with van der Waals surface area (Å²) in [6.45, 7) is 2.15. The summed E-state index contributed by atoms with van der Waals surface area (Å²) in [4.78, 5) is 4.57. The number of hydrogen-bond acceptors (Lipinski definition) is 1. The fraction of sp³-hybridized carbons (Fsp3) is 0.0238. The largest absolute Gasteiger partial charge is 0.256 e. The molecule has 0 spiro atoms. The van der Waals surface area contributed by atoms with E-state index >= 15 is 0 Å². The molecule has 1 aromatic heterocycles. The Balaban J connectivity index is 1.34. The molecule has 0 aliphatic carbocycles. The summed E-state index contributed by atoms with van der Waals surface area (Å²) < 4.78 is 0. The van der Waals surface area contributed by atoms with Crippen molar-refractivity contribution in [2.24, 2.45) is 0 Å². The number of benzene rings is 7. The maximum Gasteiger partial charge on any atom is 0.0702 e. The van der Waals surface area contributed by atoms with Gasteiger partial charge in [-0.15, -0.1) is 0 Å². The number of aromatic nitrogens is 1. The van der Waals surface area contributed by atoms with E-state index in [9.17, 15) is 0 Å². The minimum atomic E-state index is 0.983. The van der Waals surface area contributed by atoms with Crippen LogP contribution in [-0.2, 0) is 0 Å². The molecule has 43 heavy (non-hydrogen) atoms. The quantitative estimate of drug-likeness (QED) is 0.200. The molecule has 0 amide bonds. The van der Waals surface area contributed by atoms with Gasteiger partial charge in [-0.25, -0.2) is 0 Å². The first kappa shape index (κ1) is 25.2. The van der Waals surface area contributed by atoms with Crippen molar-refractivity contribution in [3.8, 4) is 44.6 Å². The Morgan fingerprint density at radius 1 is 0.372 bits per heavy atom. The second-order valence-corrected chi connectivity index (χ2v) is 11.3. The Morgan fingerprint density at radius 3 is 1.51 bits per heavy atom. The molecule has 0 radical (unpaired) electrons. The average molecular weight is 548 g/mol. The summed E-state index contributed by atoms with van der Waals surface area (Å²) >= 11 is 0. The topological polar surface area (TPSA) is 12.9 Å². The molecule has 0 saturated carbocycles. The fourth-order valence-electron chi connectivity index (χ4n) is 6.52. The van der Waals surface area contributed by atoms with Crippen LogP contribution in [0.5, 0.6) is 0 Å². The molecule has 202 valence electrons. The van der Waals surface area contributed by atoms with E-state index in [1.54, 1.807) is 0 Å². The third-order valence-corrected chi connectivity index (χ3v) is 8.52. The average Bonchev–Trinajstić information content (AvgIpc) is 3.07. The van der Waals surface area contributed by atoms with Crippen LogP contribution in [0.4, 0.5) is 0 Å². The van der Waals surface area contributed by atoms with E-state index in [1.807, 2.05) is 18.3 Å². The number of nitrogens with zero attached hydrogens (tertiary/aromatic N) is 1. The standard InChI is InChI=1S/C42H29N/c1-28-19-20-32-27-35(22-21-31(32)24-28)42-38-16-4-2-14-36(38)41(37-15-3-5-17-39(37)42)34-13-9-11-30(26-34)29-10-8-12-33(25-29)40-18-6-7-23-43-40/h2-27H,1H3. The highest BCUT2D eigenvalue weighted by Gasteiger charge is 2.17. The Kier molecular flexibility index (Phi) is 6.09. The van der Waals surface area contributed by atoms with Crippen molar-refractivity contribution in [1.82, 2.24) is 4.98 Å². The van der Waals surface area contributed by atoms with Crippen LogP contribution in [0.15, 0.2) is 158 Å². The smallest absolute Gasteiger partial charge is 0.0702 e. The highest BCUT2D eigenvalue weighted by atomic mass is 14.7. The van der Waals surface area contributed by atoms with Gasteiger partial charge in [-0.3, -0.25) is 4.98 Å². The molecule has 1 heterocycles. The predicted molar refractivity (Wildman–Crippen MR) is 183 cm³/mol. The van der Waals surface area contributed by atoms with Gasteiger partial charge >= 0.3 is 0 Å². The molecule has 7 aromatic carbocycles. The zero-order valence-electron chi connectivity index (χ0n) is 24.0. The monoisotopic (exact) mass is 547 g/mol. The van der Waals surface area contributed by atoms with E-state index in [-0.39, 0.29) is 0 Å². The van der Waals surface area contributed by atoms with Gasteiger partial charge in [0.15, 0.2) is 0 Å². The van der Waals surface area contributed by atoms with Gasteiger partial charge in [0.1, 0.15) is 0 Å². The SMILES string of the molecule is Cc1ccc2cc(-c3c4ccccc4c(-c4cccc(-c5cccc(-c6ccccn6)c5)c4)c4ccccc34)ccc2c1. The lowest BCUT2D eigenvalue weighted by molar-refractivity contribution is 1.33. The van der Waals surface area contributed by atoms with Crippen molar-refractivity contribution in [1.29, 1.82) is 0 Å². The first-order valence-electron chi connectivity index (χ1n) is 14.8. The summed E-state index contributed by atoms with van der Waals surface area (Å²) in [5.74, 6) is 0. The fourth-order valence-corrected chi connectivity index (χ4v) is 6.52. The normalized spacial score (nSPS) is 11.4. The molecule has 0 N–H and O–H groups in total. The zero-order chi connectivity index (χ0) is 28.8. The Morgan fingerprint density at radius 2 is 0.884 bits per heavy atom. The lowest BCUT2D eigenvalue weighted by Crippen LogP contribution is -1.91. The zero-order valence-corrected chi connectivity index (χ0v) is 24.0. The Bertz CT molecular complexity index is 2240. The molecule has 8 aromatic rings. The second kappa shape index (κ2) is 10.4. The van der Waals surface area contributed by atoms with Gasteiger partial charge in [-0.1, -0.05) is 127 Å². The van der Waals surface area contributed by atoms with E-state index in [1.165, 1.54) is 71.3 Å². The number of pyridine rings is 1. The lowest BCUT2D eigenvalue weighted by Gasteiger charge is -2.18. The predicted octanol–water partition coefficient (Wildman–Crippen LogP) is 11.5. The van der Waals surface area contributed by atoms with E-state index in [0.29, 0.717) is 0 Å². The van der Waals surface area contributed by atoms with Crippen LogP contribution in [0.25, 0.3) is 77.0 Å². The second-order valence-electron chi connectivity index (χ2n) is 11.3. The summed E-state index contributed by atoms with van der Waals surface area (Å²) in [5, 5.41) is 7.61. The van der Waals surface area contributed by atoms with Crippen LogP contribution < -0.4 is 0 Å². The van der Waals surface area contributed by atoms with Crippen molar-refractivity contribution in [2.45, 2.75) is 6.92 Å². The van der Waals surface area contributed by atoms with Gasteiger partial charge in [0.05, 0.1) is 5.69 Å². The van der Waals surface area contributed by atoms with Crippen LogP contribution in [0.2, 0.25) is 0 Å². The maximum atomic E-state index is 4.57. The first-order valence-corrected chi connectivity index (χ1v) is 14.8. The van der Waals surface area contributed by atoms with Crippen LogP contribution in [0, 0.1) is 6.92 Å². The van der Waals surface area contributed by atoms with Crippen molar-refractivity contribution in [3.63, 3.8) is 0 Å². The minimum absolute atomic E-state index is 0.983. The van der Waals surface area contributed by atoms with Gasteiger partial charge in [0.25, 0.3) is 0 Å². The highest BCUT2D eigenvalue weighted by Crippen LogP contribution is 2.44. The highest BCUT2D eigenvalue weighted by molar-refractivity contribution is 6.21. The maximum absolute atomic E-state index is 4.57. The summed E-state index contributed by atoms with van der Waals surface area (Å²) in [7, 11) is 0. The Labute approximate surface area is 251 Å². The lowest BCUT2D eigenvalue weighted by atomic mass is 9.85.